The molecule has 0 fully saturated rings. The van der Waals surface area contributed by atoms with Gasteiger partial charge >= 0.3 is 6.18 Å². The number of anilines is 1. The number of alkyl halides is 3. The normalized spacial score (nSPS) is 14.5. The fourth-order valence-corrected chi connectivity index (χ4v) is 7.24. The second-order valence-corrected chi connectivity index (χ2v) is 12.6. The van der Waals surface area contributed by atoms with Crippen LogP contribution < -0.4 is 13.8 Å². The van der Waals surface area contributed by atoms with Gasteiger partial charge in [0.1, 0.15) is 11.5 Å². The Morgan fingerprint density at radius 3 is 2.37 bits per heavy atom. The smallest absolute Gasteiger partial charge is 0.416 e. The van der Waals surface area contributed by atoms with E-state index in [0.29, 0.717) is 41.0 Å². The molecule has 12 heteroatoms. The molecule has 0 radical (unpaired) electrons. The van der Waals surface area contributed by atoms with Gasteiger partial charge in [0.25, 0.3) is 10.0 Å². The molecule has 0 bridgehead atoms. The molecule has 6 rings (SSSR count). The van der Waals surface area contributed by atoms with E-state index in [1.807, 2.05) is 0 Å². The van der Waals surface area contributed by atoms with E-state index in [2.05, 4.69) is 15.0 Å². The zero-order valence-corrected chi connectivity index (χ0v) is 25.7. The molecule has 1 aliphatic rings. The minimum Gasteiger partial charge on any atom is -0.497 e. The van der Waals surface area contributed by atoms with E-state index < -0.39 is 21.8 Å². The molecular weight excluding hydrogens is 617 g/mol. The first kappa shape index (κ1) is 31.0. The van der Waals surface area contributed by atoms with Crippen molar-refractivity contribution in [2.75, 3.05) is 18.5 Å². The van der Waals surface area contributed by atoms with Crippen LogP contribution in [-0.2, 0) is 29.2 Å². The highest BCUT2D eigenvalue weighted by Crippen LogP contribution is 2.44. The molecule has 2 heterocycles. The van der Waals surface area contributed by atoms with E-state index in [1.54, 1.807) is 60.9 Å². The van der Waals surface area contributed by atoms with Gasteiger partial charge in [-0.05, 0) is 83.6 Å². The van der Waals surface area contributed by atoms with Crippen molar-refractivity contribution >= 4 is 16.0 Å². The first-order valence-corrected chi connectivity index (χ1v) is 15.8. The van der Waals surface area contributed by atoms with Crippen molar-refractivity contribution in [3.63, 3.8) is 0 Å². The van der Waals surface area contributed by atoms with E-state index in [9.17, 15) is 21.6 Å². The number of aromatic nitrogens is 3. The van der Waals surface area contributed by atoms with Crippen LogP contribution in [0.2, 0.25) is 0 Å². The van der Waals surface area contributed by atoms with Crippen LogP contribution in [-0.4, -0.2) is 37.6 Å². The van der Waals surface area contributed by atoms with Crippen LogP contribution in [0.15, 0.2) is 102 Å². The van der Waals surface area contributed by atoms with Crippen molar-refractivity contribution in [1.82, 2.24) is 15.0 Å². The molecular formula is C34H29F3N4O4S. The van der Waals surface area contributed by atoms with Crippen LogP contribution >= 0.6 is 0 Å². The average molecular weight is 647 g/mol. The number of halogens is 3. The minimum atomic E-state index is -4.50. The zero-order chi connectivity index (χ0) is 32.5. The number of nitrogens with zero attached hydrogens (tertiary/aromatic N) is 4. The molecule has 0 saturated heterocycles. The number of benzene rings is 3. The van der Waals surface area contributed by atoms with Gasteiger partial charge < -0.3 is 9.47 Å². The molecule has 46 heavy (non-hydrogen) atoms. The minimum absolute atomic E-state index is 0.00962. The van der Waals surface area contributed by atoms with Gasteiger partial charge in [0, 0.05) is 47.9 Å². The quantitative estimate of drug-likeness (QED) is 0.169. The Morgan fingerprint density at radius 1 is 0.891 bits per heavy atom. The maximum absolute atomic E-state index is 14.2. The molecule has 0 amide bonds. The third kappa shape index (κ3) is 6.00. The maximum atomic E-state index is 14.2. The fraction of sp³-hybridized carbons (Fsp3) is 0.206. The number of sulfonamides is 1. The summed E-state index contributed by atoms with van der Waals surface area (Å²) >= 11 is 0. The lowest BCUT2D eigenvalue weighted by Gasteiger charge is -2.24. The number of aryl methyl sites for hydroxylation is 1. The molecule has 0 saturated carbocycles. The van der Waals surface area contributed by atoms with Crippen LogP contribution in [0.4, 0.5) is 19.1 Å². The summed E-state index contributed by atoms with van der Waals surface area (Å²) in [6, 6.07) is 18.8. The monoisotopic (exact) mass is 646 g/mol. The Morgan fingerprint density at radius 2 is 1.67 bits per heavy atom. The van der Waals surface area contributed by atoms with Crippen LogP contribution in [0.5, 0.6) is 11.5 Å². The number of hydrogen-bond donors (Lipinski definition) is 0. The summed E-state index contributed by atoms with van der Waals surface area (Å²) in [5.41, 5.74) is 3.24. The Balaban J connectivity index is 1.39. The number of fused-ring (bicyclic) bond motifs is 1. The Bertz CT molecular complexity index is 1970. The summed E-state index contributed by atoms with van der Waals surface area (Å²) in [5, 5.41) is 0. The zero-order valence-electron chi connectivity index (χ0n) is 24.9. The van der Waals surface area contributed by atoms with Crippen LogP contribution in [0.1, 0.15) is 40.2 Å². The first-order valence-electron chi connectivity index (χ1n) is 14.3. The van der Waals surface area contributed by atoms with Gasteiger partial charge in [0.2, 0.25) is 5.95 Å². The van der Waals surface area contributed by atoms with Crippen molar-refractivity contribution in [3.05, 3.63) is 125 Å². The van der Waals surface area contributed by atoms with Crippen molar-refractivity contribution in [3.8, 4) is 22.6 Å². The predicted octanol–water partition coefficient (Wildman–Crippen LogP) is 7.05. The third-order valence-electron chi connectivity index (χ3n) is 8.09. The number of ether oxygens (including phenoxy) is 2. The van der Waals surface area contributed by atoms with Gasteiger partial charge in [-0.25, -0.2) is 22.7 Å². The van der Waals surface area contributed by atoms with E-state index in [-0.39, 0.29) is 23.3 Å². The summed E-state index contributed by atoms with van der Waals surface area (Å²) < 4.78 is 81.5. The molecule has 1 aliphatic carbocycles. The first-order chi connectivity index (χ1) is 22.1. The largest absolute Gasteiger partial charge is 0.497 e. The Labute approximate surface area is 264 Å². The van der Waals surface area contributed by atoms with Crippen molar-refractivity contribution in [2.24, 2.45) is 0 Å². The third-order valence-corrected chi connectivity index (χ3v) is 9.81. The predicted molar refractivity (Wildman–Crippen MR) is 166 cm³/mol. The molecule has 8 nitrogen and oxygen atoms in total. The number of rotatable bonds is 9. The second-order valence-electron chi connectivity index (χ2n) is 10.7. The van der Waals surface area contributed by atoms with Gasteiger partial charge in [0.05, 0.1) is 31.2 Å². The second kappa shape index (κ2) is 12.4. The Hall–Kier alpha value is -4.97. The SMILES string of the molecule is COc1ccc(CN(c2ncccn2)S(=O)(=O)c2ccc3c(c2)CC[C@@H]3c2ccc(C(F)(F)F)cc2-c2cccnc2)c(OC)c1. The lowest BCUT2D eigenvalue weighted by Crippen LogP contribution is -2.32. The number of methoxy groups -OCH3 is 2. The topological polar surface area (TPSA) is 94.5 Å². The van der Waals surface area contributed by atoms with Crippen molar-refractivity contribution in [2.45, 2.75) is 36.4 Å². The lowest BCUT2D eigenvalue weighted by molar-refractivity contribution is -0.137. The van der Waals surface area contributed by atoms with Crippen LogP contribution in [0.3, 0.4) is 0 Å². The van der Waals surface area contributed by atoms with Gasteiger partial charge in [-0.1, -0.05) is 18.2 Å². The summed E-state index contributed by atoms with van der Waals surface area (Å²) in [6.07, 6.45) is 2.69. The summed E-state index contributed by atoms with van der Waals surface area (Å²) in [6.45, 7) is -0.112. The molecule has 236 valence electrons. The summed E-state index contributed by atoms with van der Waals surface area (Å²) in [5.74, 6) is 0.748. The van der Waals surface area contributed by atoms with E-state index in [1.165, 1.54) is 38.7 Å². The molecule has 0 spiro atoms. The highest BCUT2D eigenvalue weighted by atomic mass is 32.2. The van der Waals surface area contributed by atoms with Gasteiger partial charge in [-0.3, -0.25) is 4.98 Å². The van der Waals surface area contributed by atoms with Crippen molar-refractivity contribution in [1.29, 1.82) is 0 Å². The average Bonchev–Trinajstić information content (AvgIpc) is 3.50. The molecule has 5 aromatic rings. The molecule has 1 atom stereocenters. The van der Waals surface area contributed by atoms with Gasteiger partial charge in [0.15, 0.2) is 0 Å². The van der Waals surface area contributed by atoms with Crippen LogP contribution in [0, 0.1) is 0 Å². The fourth-order valence-electron chi connectivity index (χ4n) is 5.83. The summed E-state index contributed by atoms with van der Waals surface area (Å²) in [7, 11) is -1.17. The lowest BCUT2D eigenvalue weighted by atomic mass is 9.86. The van der Waals surface area contributed by atoms with E-state index >= 15 is 0 Å². The van der Waals surface area contributed by atoms with Gasteiger partial charge in [-0.15, -0.1) is 0 Å². The highest BCUT2D eigenvalue weighted by molar-refractivity contribution is 7.92. The number of pyridine rings is 1. The highest BCUT2D eigenvalue weighted by Gasteiger charge is 2.35. The standard InChI is InChI=1S/C34H29F3N4O4S/c1-44-26-9-6-24(32(19-26)45-2)21-41(33-39-15-4-16-40-33)46(42,43)27-10-13-28-22(17-27)7-11-29(28)30-12-8-25(34(35,36)37)18-31(30)23-5-3-14-38-20-23/h3-6,8-10,12-20,29H,7,11,21H2,1-2H3/t29-/m0/s1. The molecule has 3 aromatic carbocycles. The van der Waals surface area contributed by atoms with Crippen LogP contribution in [0.25, 0.3) is 11.1 Å². The molecule has 0 unspecified atom stereocenters. The molecule has 0 N–H and O–H groups in total. The number of hydrogen-bond acceptors (Lipinski definition) is 7. The van der Waals surface area contributed by atoms with E-state index in [0.717, 1.165) is 33.1 Å². The Kier molecular flexibility index (Phi) is 8.39. The molecule has 2 aromatic heterocycles. The maximum Gasteiger partial charge on any atom is 0.416 e. The molecule has 0 aliphatic heterocycles. The summed E-state index contributed by atoms with van der Waals surface area (Å²) in [4.78, 5) is 12.6. The van der Waals surface area contributed by atoms with Gasteiger partial charge in [-0.2, -0.15) is 13.2 Å². The van der Waals surface area contributed by atoms with E-state index in [4.69, 9.17) is 9.47 Å². The van der Waals surface area contributed by atoms with Crippen molar-refractivity contribution < 1.29 is 31.1 Å².